The zero-order valence-electron chi connectivity index (χ0n) is 13.9. The lowest BCUT2D eigenvalue weighted by Crippen LogP contribution is -2.75. The Bertz CT molecular complexity index is 337. The van der Waals surface area contributed by atoms with Crippen molar-refractivity contribution in [2.75, 3.05) is 19.8 Å². The van der Waals surface area contributed by atoms with E-state index in [-0.39, 0.29) is 35.9 Å². The number of nitrogens with one attached hydrogen (secondary N) is 1. The first-order valence-corrected chi connectivity index (χ1v) is 7.56. The van der Waals surface area contributed by atoms with Crippen LogP contribution in [0, 0.1) is 5.41 Å². The van der Waals surface area contributed by atoms with Crippen molar-refractivity contribution in [3.8, 4) is 0 Å². The van der Waals surface area contributed by atoms with E-state index in [9.17, 15) is 4.79 Å². The van der Waals surface area contributed by atoms with Gasteiger partial charge in [0, 0.05) is 31.6 Å². The summed E-state index contributed by atoms with van der Waals surface area (Å²) in [5.74, 6) is -0.0806. The highest BCUT2D eigenvalue weighted by Gasteiger charge is 2.62. The molecule has 0 spiro atoms. The summed E-state index contributed by atoms with van der Waals surface area (Å²) >= 11 is 0. The Morgan fingerprint density at radius 1 is 1.43 bits per heavy atom. The van der Waals surface area contributed by atoms with E-state index in [0.717, 1.165) is 6.42 Å². The molecule has 3 N–H and O–H groups in total. The van der Waals surface area contributed by atoms with Gasteiger partial charge in [-0.1, -0.05) is 13.8 Å². The van der Waals surface area contributed by atoms with Gasteiger partial charge in [0.25, 0.3) is 0 Å². The largest absolute Gasteiger partial charge is 0.379 e. The molecule has 0 saturated heterocycles. The number of rotatable bonds is 8. The van der Waals surface area contributed by atoms with Crippen LogP contribution in [0.3, 0.4) is 0 Å². The summed E-state index contributed by atoms with van der Waals surface area (Å²) in [6.07, 6.45) is 1.67. The van der Waals surface area contributed by atoms with E-state index in [1.54, 1.807) is 0 Å². The lowest BCUT2D eigenvalue weighted by molar-refractivity contribution is -0.170. The molecule has 21 heavy (non-hydrogen) atoms. The SMILES string of the molecule is CCOC1CC(N)(C(=O)NCCCOC(C)C)C1(C)C.Cl. The molecule has 6 heteroatoms. The molecular weight excluding hydrogens is 292 g/mol. The van der Waals surface area contributed by atoms with Gasteiger partial charge in [0.2, 0.25) is 5.91 Å². The fourth-order valence-electron chi connectivity index (χ4n) is 2.57. The highest BCUT2D eigenvalue weighted by atomic mass is 35.5. The van der Waals surface area contributed by atoms with Crippen molar-refractivity contribution in [1.82, 2.24) is 5.32 Å². The van der Waals surface area contributed by atoms with Crippen LogP contribution in [0.25, 0.3) is 0 Å². The molecule has 0 heterocycles. The minimum absolute atomic E-state index is 0. The molecule has 2 atom stereocenters. The predicted molar refractivity (Wildman–Crippen MR) is 86.7 cm³/mol. The fourth-order valence-corrected chi connectivity index (χ4v) is 2.57. The monoisotopic (exact) mass is 322 g/mol. The van der Waals surface area contributed by atoms with E-state index < -0.39 is 5.54 Å². The first-order valence-electron chi connectivity index (χ1n) is 7.56. The molecule has 2 unspecified atom stereocenters. The Labute approximate surface area is 134 Å². The summed E-state index contributed by atoms with van der Waals surface area (Å²) in [4.78, 5) is 12.3. The van der Waals surface area contributed by atoms with Gasteiger partial charge >= 0.3 is 0 Å². The third kappa shape index (κ3) is 4.55. The lowest BCUT2D eigenvalue weighted by Gasteiger charge is -2.57. The van der Waals surface area contributed by atoms with Gasteiger partial charge in [-0.2, -0.15) is 0 Å². The fraction of sp³-hybridized carbons (Fsp3) is 0.933. The van der Waals surface area contributed by atoms with Crippen LogP contribution in [0.4, 0.5) is 0 Å². The quantitative estimate of drug-likeness (QED) is 0.669. The second-order valence-electron chi connectivity index (χ2n) is 6.37. The van der Waals surface area contributed by atoms with Crippen molar-refractivity contribution in [2.45, 2.75) is 65.2 Å². The van der Waals surface area contributed by atoms with Crippen LogP contribution in [-0.2, 0) is 14.3 Å². The zero-order chi connectivity index (χ0) is 15.4. The minimum Gasteiger partial charge on any atom is -0.379 e. The van der Waals surface area contributed by atoms with E-state index in [0.29, 0.717) is 26.2 Å². The maximum atomic E-state index is 12.3. The minimum atomic E-state index is -0.828. The molecule has 5 nitrogen and oxygen atoms in total. The average molecular weight is 323 g/mol. The molecule has 1 rings (SSSR count). The van der Waals surface area contributed by atoms with Crippen LogP contribution in [-0.4, -0.2) is 43.4 Å². The van der Waals surface area contributed by atoms with Gasteiger partial charge < -0.3 is 20.5 Å². The molecule has 0 aromatic heterocycles. The van der Waals surface area contributed by atoms with Crippen molar-refractivity contribution >= 4 is 18.3 Å². The van der Waals surface area contributed by atoms with Crippen molar-refractivity contribution in [2.24, 2.45) is 11.1 Å². The number of carbonyl (C=O) groups excluding carboxylic acids is 1. The van der Waals surface area contributed by atoms with Crippen LogP contribution >= 0.6 is 12.4 Å². The summed E-state index contributed by atoms with van der Waals surface area (Å²) < 4.78 is 11.1. The van der Waals surface area contributed by atoms with Gasteiger partial charge in [-0.05, 0) is 27.2 Å². The van der Waals surface area contributed by atoms with Crippen molar-refractivity contribution < 1.29 is 14.3 Å². The van der Waals surface area contributed by atoms with Crippen LogP contribution in [0.2, 0.25) is 0 Å². The third-order valence-electron chi connectivity index (χ3n) is 4.29. The number of carbonyl (C=O) groups is 1. The van der Waals surface area contributed by atoms with Crippen molar-refractivity contribution in [1.29, 1.82) is 0 Å². The summed E-state index contributed by atoms with van der Waals surface area (Å²) in [5, 5.41) is 2.92. The molecule has 126 valence electrons. The second kappa shape index (κ2) is 8.32. The molecule has 1 saturated carbocycles. The Morgan fingerprint density at radius 3 is 2.52 bits per heavy atom. The smallest absolute Gasteiger partial charge is 0.240 e. The zero-order valence-corrected chi connectivity index (χ0v) is 14.7. The summed E-state index contributed by atoms with van der Waals surface area (Å²) in [6, 6.07) is 0. The normalized spacial score (nSPS) is 26.9. The van der Waals surface area contributed by atoms with Crippen LogP contribution in [0.15, 0.2) is 0 Å². The standard InChI is InChI=1S/C15H30N2O3.ClH/c1-6-19-12-10-15(16,14(12,4)5)13(18)17-8-7-9-20-11(2)3;/h11-12H,6-10,16H2,1-5H3,(H,17,18);1H. The molecule has 0 aromatic carbocycles. The van der Waals surface area contributed by atoms with Crippen molar-refractivity contribution in [3.05, 3.63) is 0 Å². The van der Waals surface area contributed by atoms with Crippen LogP contribution in [0.1, 0.15) is 47.5 Å². The molecule has 0 aliphatic heterocycles. The lowest BCUT2D eigenvalue weighted by atomic mass is 9.54. The Hall–Kier alpha value is -0.360. The average Bonchev–Trinajstić information content (AvgIpc) is 2.37. The summed E-state index contributed by atoms with van der Waals surface area (Å²) in [6.45, 7) is 11.9. The number of hydrogen-bond acceptors (Lipinski definition) is 4. The molecule has 1 aliphatic rings. The molecule has 0 radical (unpaired) electrons. The first kappa shape index (κ1) is 20.6. The van der Waals surface area contributed by atoms with Gasteiger partial charge in [0.05, 0.1) is 12.2 Å². The maximum Gasteiger partial charge on any atom is 0.240 e. The number of halogens is 1. The topological polar surface area (TPSA) is 73.6 Å². The van der Waals surface area contributed by atoms with Gasteiger partial charge in [0.1, 0.15) is 5.54 Å². The first-order chi connectivity index (χ1) is 9.25. The third-order valence-corrected chi connectivity index (χ3v) is 4.29. The molecule has 1 amide bonds. The Morgan fingerprint density at radius 2 is 2.05 bits per heavy atom. The van der Waals surface area contributed by atoms with E-state index in [1.165, 1.54) is 0 Å². The highest BCUT2D eigenvalue weighted by Crippen LogP contribution is 2.49. The predicted octanol–water partition coefficient (Wildman–Crippen LogP) is 1.87. The van der Waals surface area contributed by atoms with Crippen molar-refractivity contribution in [3.63, 3.8) is 0 Å². The van der Waals surface area contributed by atoms with Crippen LogP contribution < -0.4 is 11.1 Å². The number of amides is 1. The van der Waals surface area contributed by atoms with E-state index in [4.69, 9.17) is 15.2 Å². The summed E-state index contributed by atoms with van der Waals surface area (Å²) in [5.41, 5.74) is 5.13. The van der Waals surface area contributed by atoms with E-state index in [1.807, 2.05) is 34.6 Å². The number of ether oxygens (including phenoxy) is 2. The molecule has 1 aliphatic carbocycles. The summed E-state index contributed by atoms with van der Waals surface area (Å²) in [7, 11) is 0. The molecular formula is C15H31ClN2O3. The van der Waals surface area contributed by atoms with Gasteiger partial charge in [-0.3, -0.25) is 4.79 Å². The van der Waals surface area contributed by atoms with Gasteiger partial charge in [-0.15, -0.1) is 12.4 Å². The Balaban J connectivity index is 0.00000400. The van der Waals surface area contributed by atoms with Crippen LogP contribution in [0.5, 0.6) is 0 Å². The molecule has 0 bridgehead atoms. The second-order valence-corrected chi connectivity index (χ2v) is 6.37. The molecule has 1 fully saturated rings. The number of nitrogens with two attached hydrogens (primary N) is 1. The van der Waals surface area contributed by atoms with Gasteiger partial charge in [0.15, 0.2) is 0 Å². The van der Waals surface area contributed by atoms with E-state index >= 15 is 0 Å². The molecule has 0 aromatic rings. The number of hydrogen-bond donors (Lipinski definition) is 2. The maximum absolute atomic E-state index is 12.3. The van der Waals surface area contributed by atoms with Gasteiger partial charge in [-0.25, -0.2) is 0 Å². The Kier molecular flexibility index (Phi) is 8.18. The van der Waals surface area contributed by atoms with E-state index in [2.05, 4.69) is 5.32 Å². The highest BCUT2D eigenvalue weighted by molar-refractivity contribution is 5.88.